The smallest absolute Gasteiger partial charge is 0.118 e. The average Bonchev–Trinajstić information content (AvgIpc) is 1.53. The second-order valence-electron chi connectivity index (χ2n) is 48.7. The molecule has 0 aromatic carbocycles. The number of ether oxygens (including phenoxy) is 2. The van der Waals surface area contributed by atoms with Crippen LogP contribution in [0.1, 0.15) is 298 Å². The minimum Gasteiger partial charge on any atom is -0.392 e. The Labute approximate surface area is 776 Å². The normalized spacial score (nSPS) is 48.7. The van der Waals surface area contributed by atoms with Crippen molar-refractivity contribution >= 4 is 31.9 Å². The van der Waals surface area contributed by atoms with E-state index >= 15 is 0 Å². The van der Waals surface area contributed by atoms with Gasteiger partial charge in [-0.3, -0.25) is 0 Å². The van der Waals surface area contributed by atoms with E-state index in [2.05, 4.69) is 137 Å². The van der Waals surface area contributed by atoms with Gasteiger partial charge in [-0.25, -0.2) is 13.2 Å². The first kappa shape index (κ1) is 96.9. The van der Waals surface area contributed by atoms with Gasteiger partial charge in [0.25, 0.3) is 0 Å². The van der Waals surface area contributed by atoms with Crippen molar-refractivity contribution in [1.82, 2.24) is 0 Å². The zero-order valence-electron chi connectivity index (χ0n) is 79.3. The highest BCUT2D eigenvalue weighted by Gasteiger charge is 2.64. The number of aliphatic hydroxyl groups excluding tert-OH is 2. The van der Waals surface area contributed by atoms with Gasteiger partial charge in [-0.1, -0.05) is 174 Å². The Morgan fingerprint density at radius 3 is 0.746 bits per heavy atom. The standard InChI is InChI=1S/C23H35BrO2.C23H36O3.C22H32BrFO.C22H33FO2.C22H33FO/c2*1-15(13-24)20-6-7-21-19-5-4-16-12-23(25,14-26-3)11-9-17(16)18(19)8-10-22(20,21)2;1-14(12-23)19-5-6-20-18-4-3-15-11-22(25,13-24)10-8-16(15)17(18)7-9-21(19,20)2;1-14(12-24)19-5-6-20-18-4-3-15-11-22(25,13-23)10-8-16(15)17(18)7-9-21(19,20)2;1-14(2)19-6-7-20-18-5-4-15-12-22(24,13-23)11-9-16(15)17(18)8-10-21(19,20)3/h4,17-21,25H,1,5-14H2,2-3H3;4,17-21,24-25H,1,5-14H2,2-3H3;3,16-20,25H,1,4-13H2,2H3;3,16-20,24-25H,1,4-13H2,2H3;4,16-20,24H,1,5-13H2,2-3H3/t2*17-,18+,19+,20+,21-,22+,23+;3*16-,17+,18+,19+,20-,21+,22+/m00000/s1. The van der Waals surface area contributed by atoms with Gasteiger partial charge in [-0.2, -0.15) is 0 Å². The van der Waals surface area contributed by atoms with Gasteiger partial charge in [-0.15, -0.1) is 0 Å². The van der Waals surface area contributed by atoms with Crippen molar-refractivity contribution in [3.05, 3.63) is 119 Å². The van der Waals surface area contributed by atoms with E-state index in [1.165, 1.54) is 180 Å². The number of halogens is 5. The summed E-state index contributed by atoms with van der Waals surface area (Å²) in [5.74, 6) is 18.1. The fraction of sp³-hybridized carbons (Fsp3) is 0.821. The number of alkyl halides is 5. The van der Waals surface area contributed by atoms with Crippen LogP contribution < -0.4 is 0 Å². The lowest BCUT2D eigenvalue weighted by Gasteiger charge is -2.54. The van der Waals surface area contributed by atoms with Gasteiger partial charge in [-0.05, 0) is 450 Å². The first-order chi connectivity index (χ1) is 60.0. The minimum absolute atomic E-state index is 0.121. The molecule has 126 heavy (non-hydrogen) atoms. The first-order valence-corrected chi connectivity index (χ1v) is 53.7. The Balaban J connectivity index is 0.000000116. The molecule has 35 atom stereocenters. The summed E-state index contributed by atoms with van der Waals surface area (Å²) < 4.78 is 50.3. The molecule has 20 aliphatic carbocycles. The van der Waals surface area contributed by atoms with E-state index in [4.69, 9.17) is 9.47 Å². The fourth-order valence-corrected chi connectivity index (χ4v) is 37.6. The molecule has 0 unspecified atom stereocenters. The van der Waals surface area contributed by atoms with E-state index in [0.29, 0.717) is 144 Å². The average molecular weight is 1880 g/mol. The summed E-state index contributed by atoms with van der Waals surface area (Å²) in [7, 11) is 3.39. The Kier molecular flexibility index (Phi) is 29.3. The molecule has 20 aliphatic rings. The second-order valence-corrected chi connectivity index (χ2v) is 49.8. The van der Waals surface area contributed by atoms with Gasteiger partial charge in [0.2, 0.25) is 0 Å². The lowest BCUT2D eigenvalue weighted by Crippen LogP contribution is -2.48. The van der Waals surface area contributed by atoms with Gasteiger partial charge < -0.3 is 45.2 Å². The molecule has 0 amide bonds. The van der Waals surface area contributed by atoms with Crippen molar-refractivity contribution < 1.29 is 58.4 Å². The van der Waals surface area contributed by atoms with Crippen LogP contribution in [0.4, 0.5) is 13.2 Å². The van der Waals surface area contributed by atoms with Gasteiger partial charge >= 0.3 is 0 Å². The zero-order chi connectivity index (χ0) is 89.8. The molecule has 0 spiro atoms. The van der Waals surface area contributed by atoms with Crippen molar-refractivity contribution in [2.24, 2.45) is 175 Å². The van der Waals surface area contributed by atoms with Gasteiger partial charge in [0.05, 0.1) is 54.4 Å². The van der Waals surface area contributed by atoms with Crippen molar-refractivity contribution in [3.63, 3.8) is 0 Å². The Hall–Kier alpha value is -2.21. The van der Waals surface area contributed by atoms with Gasteiger partial charge in [0.1, 0.15) is 20.0 Å². The summed E-state index contributed by atoms with van der Waals surface area (Å²) >= 11 is 7.29. The molecule has 0 radical (unpaired) electrons. The van der Waals surface area contributed by atoms with Crippen LogP contribution in [0.2, 0.25) is 0 Å². The number of methoxy groups -OCH3 is 2. The van der Waals surface area contributed by atoms with E-state index in [0.717, 1.165) is 182 Å². The summed E-state index contributed by atoms with van der Waals surface area (Å²) in [6.07, 6.45) is 56.1. The van der Waals surface area contributed by atoms with E-state index in [-0.39, 0.29) is 13.2 Å². The van der Waals surface area contributed by atoms with Crippen molar-refractivity contribution in [3.8, 4) is 0 Å². The second kappa shape index (κ2) is 38.0. The van der Waals surface area contributed by atoms with Crippen molar-refractivity contribution in [2.45, 2.75) is 326 Å². The Bertz CT molecular complexity index is 3920. The highest BCUT2D eigenvalue weighted by atomic mass is 79.9. The number of aliphatic hydroxyl groups is 7. The molecule has 0 aromatic rings. The van der Waals surface area contributed by atoms with Crippen LogP contribution in [-0.2, 0) is 9.47 Å². The maximum atomic E-state index is 13.2. The molecule has 0 aromatic heterocycles. The number of allylic oxidation sites excluding steroid dienone is 8. The van der Waals surface area contributed by atoms with Crippen LogP contribution >= 0.6 is 31.9 Å². The Morgan fingerprint density at radius 1 is 0.317 bits per heavy atom. The maximum Gasteiger partial charge on any atom is 0.118 e. The number of rotatable bonds is 16. The van der Waals surface area contributed by atoms with Gasteiger partial charge in [0, 0.05) is 24.9 Å². The molecule has 0 aliphatic heterocycles. The van der Waals surface area contributed by atoms with Crippen LogP contribution in [0, 0.1) is 175 Å². The third-order valence-corrected chi connectivity index (χ3v) is 44.3. The molecular weight excluding hydrogens is 1710 g/mol. The lowest BCUT2D eigenvalue weighted by atomic mass is 9.51. The van der Waals surface area contributed by atoms with Crippen LogP contribution in [0.15, 0.2) is 119 Å². The van der Waals surface area contributed by atoms with Crippen LogP contribution in [0.25, 0.3) is 0 Å². The largest absolute Gasteiger partial charge is 0.392 e. The highest BCUT2D eigenvalue weighted by molar-refractivity contribution is 9.09. The molecule has 706 valence electrons. The minimum atomic E-state index is -1.10. The Morgan fingerprint density at radius 2 is 0.532 bits per heavy atom. The zero-order valence-corrected chi connectivity index (χ0v) is 82.5. The summed E-state index contributed by atoms with van der Waals surface area (Å²) in [4.78, 5) is 0. The fourth-order valence-electron chi connectivity index (χ4n) is 36.8. The molecule has 9 nitrogen and oxygen atoms in total. The van der Waals surface area contributed by atoms with Crippen LogP contribution in [-0.4, -0.2) is 135 Å². The van der Waals surface area contributed by atoms with E-state index in [1.54, 1.807) is 19.8 Å². The molecule has 15 saturated carbocycles. The summed E-state index contributed by atoms with van der Waals surface area (Å²) in [5.41, 5.74) is 10.8. The molecule has 0 heterocycles. The topological polar surface area (TPSA) is 160 Å². The van der Waals surface area contributed by atoms with E-state index in [9.17, 15) is 48.9 Å². The SMILES string of the molecule is C=C(C)[C@H]1CC[C@H]2[C@@H]3CC=C4C[C@@](O)(CF)CC[C@@H]4[C@H]3CC[C@]12C.C=C(CBr)[C@H]1CC[C@H]2[C@@H]3CC=C4C[C@@](O)(CF)CC[C@@H]4[C@H]3CC[C@]12C.C=C(CBr)[C@H]1CC[C@H]2[C@@H]3CC=C4C[C@@](O)(COC)CC[C@@H]4[C@H]3CC[C@]12C.C=C(CO)[C@H]1CC[C@H]2[C@@H]3CC=C4C[C@@](O)(CF)CC[C@@H]4[C@H]3CC[C@]12C.C=C(CO)[C@H]1CC[C@H]2[C@@H]3CC=C4C[C@@](O)(COC)CC[C@@H]4[C@H]3CC[C@]12C. The third-order valence-electron chi connectivity index (χ3n) is 42.8. The summed E-state index contributed by atoms with van der Waals surface area (Å²) in [6.45, 7) is 35.6. The molecule has 15 fully saturated rings. The molecule has 14 heteroatoms. The molecule has 0 saturated heterocycles. The molecule has 20 rings (SSSR count). The number of hydrogen-bond donors (Lipinski definition) is 7. The van der Waals surface area contributed by atoms with Crippen LogP contribution in [0.5, 0.6) is 0 Å². The molecule has 7 N–H and O–H groups in total. The van der Waals surface area contributed by atoms with E-state index < -0.39 is 48.0 Å². The number of fused-ring (bicyclic) bond motifs is 25. The summed E-state index contributed by atoms with van der Waals surface area (Å²) in [5, 5.41) is 73.9. The predicted octanol–water partition coefficient (Wildman–Crippen LogP) is 25.3. The van der Waals surface area contributed by atoms with Gasteiger partial charge in [0.15, 0.2) is 0 Å². The van der Waals surface area contributed by atoms with E-state index in [1.807, 2.05) is 0 Å². The predicted molar refractivity (Wildman–Crippen MR) is 512 cm³/mol. The molecule has 0 bridgehead atoms. The third kappa shape index (κ3) is 17.6. The monoisotopic (exact) mass is 1870 g/mol. The molecular formula is C112H169Br2F3O9. The first-order valence-electron chi connectivity index (χ1n) is 51.5. The maximum absolute atomic E-state index is 13.2. The number of hydrogen-bond acceptors (Lipinski definition) is 9. The summed E-state index contributed by atoms with van der Waals surface area (Å²) in [6, 6.07) is 0. The van der Waals surface area contributed by atoms with Crippen molar-refractivity contribution in [2.75, 3.05) is 71.3 Å². The highest BCUT2D eigenvalue weighted by Crippen LogP contribution is 2.72. The van der Waals surface area contributed by atoms with Crippen molar-refractivity contribution in [1.29, 1.82) is 0 Å². The van der Waals surface area contributed by atoms with Crippen LogP contribution in [0.3, 0.4) is 0 Å². The lowest BCUT2D eigenvalue weighted by molar-refractivity contribution is -0.0677. The quantitative estimate of drug-likeness (QED) is 0.0590.